The number of methoxy groups -OCH3 is 1. The van der Waals surface area contributed by atoms with Crippen LogP contribution in [0, 0.1) is 17.0 Å². The van der Waals surface area contributed by atoms with E-state index < -0.39 is 16.9 Å². The van der Waals surface area contributed by atoms with Gasteiger partial charge in [0.05, 0.1) is 29.7 Å². The van der Waals surface area contributed by atoms with Gasteiger partial charge in [-0.3, -0.25) is 10.1 Å². The van der Waals surface area contributed by atoms with Gasteiger partial charge < -0.3 is 20.3 Å². The number of rotatable bonds is 7. The molecule has 0 aliphatic heterocycles. The lowest BCUT2D eigenvalue weighted by Gasteiger charge is -2.18. The van der Waals surface area contributed by atoms with Crippen molar-refractivity contribution in [3.8, 4) is 0 Å². The summed E-state index contributed by atoms with van der Waals surface area (Å²) >= 11 is 0. The molecule has 0 saturated carbocycles. The van der Waals surface area contributed by atoms with Crippen molar-refractivity contribution in [3.05, 3.63) is 33.4 Å². The number of aromatic carboxylic acids is 1. The van der Waals surface area contributed by atoms with E-state index in [0.717, 1.165) is 6.07 Å². The van der Waals surface area contributed by atoms with Crippen LogP contribution in [0.25, 0.3) is 0 Å². The summed E-state index contributed by atoms with van der Waals surface area (Å²) in [7, 11) is 1.45. The summed E-state index contributed by atoms with van der Waals surface area (Å²) in [6.07, 6.45) is 0. The molecule has 110 valence electrons. The Bertz CT molecular complexity index is 517. The van der Waals surface area contributed by atoms with E-state index in [0.29, 0.717) is 5.56 Å². The van der Waals surface area contributed by atoms with Crippen molar-refractivity contribution in [2.24, 2.45) is 0 Å². The summed E-state index contributed by atoms with van der Waals surface area (Å²) in [5, 5.41) is 31.9. The zero-order chi connectivity index (χ0) is 15.3. The number of aliphatic hydroxyl groups is 1. The van der Waals surface area contributed by atoms with Gasteiger partial charge in [-0.25, -0.2) is 4.79 Å². The average Bonchev–Trinajstić information content (AvgIpc) is 2.39. The minimum absolute atomic E-state index is 0.182. The predicted molar refractivity (Wildman–Crippen MR) is 71.2 cm³/mol. The number of carbonyl (C=O) groups is 1. The van der Waals surface area contributed by atoms with Crippen molar-refractivity contribution in [2.45, 2.75) is 13.0 Å². The van der Waals surface area contributed by atoms with E-state index in [2.05, 4.69) is 5.32 Å². The molecule has 0 fully saturated rings. The van der Waals surface area contributed by atoms with E-state index >= 15 is 0 Å². The lowest BCUT2D eigenvalue weighted by Crippen LogP contribution is -2.29. The number of nitro benzene ring substituents is 1. The van der Waals surface area contributed by atoms with Crippen LogP contribution < -0.4 is 5.32 Å². The second-order valence-electron chi connectivity index (χ2n) is 4.21. The molecule has 1 atom stereocenters. The number of nitrogens with zero attached hydrogens (tertiary/aromatic N) is 1. The third kappa shape index (κ3) is 3.65. The number of nitrogens with one attached hydrogen (secondary N) is 1. The van der Waals surface area contributed by atoms with Gasteiger partial charge in [0, 0.05) is 24.4 Å². The van der Waals surface area contributed by atoms with E-state index in [9.17, 15) is 20.0 Å². The van der Waals surface area contributed by atoms with E-state index in [1.807, 2.05) is 0 Å². The van der Waals surface area contributed by atoms with Crippen molar-refractivity contribution in [2.75, 3.05) is 25.6 Å². The van der Waals surface area contributed by atoms with Crippen LogP contribution >= 0.6 is 0 Å². The molecular weight excluding hydrogens is 268 g/mol. The number of hydrogen-bond donors (Lipinski definition) is 3. The highest BCUT2D eigenvalue weighted by atomic mass is 16.6. The first kappa shape index (κ1) is 15.9. The van der Waals surface area contributed by atoms with Crippen LogP contribution in [0.1, 0.15) is 15.9 Å². The fourth-order valence-corrected chi connectivity index (χ4v) is 1.72. The maximum Gasteiger partial charge on any atom is 0.336 e. The van der Waals surface area contributed by atoms with Gasteiger partial charge >= 0.3 is 5.97 Å². The Labute approximate surface area is 115 Å². The smallest absolute Gasteiger partial charge is 0.336 e. The lowest BCUT2D eigenvalue weighted by atomic mass is 10.1. The van der Waals surface area contributed by atoms with Crippen LogP contribution in [0.15, 0.2) is 12.1 Å². The maximum atomic E-state index is 11.0. The van der Waals surface area contributed by atoms with Gasteiger partial charge in [0.2, 0.25) is 0 Å². The molecule has 0 heterocycles. The summed E-state index contributed by atoms with van der Waals surface area (Å²) in [4.78, 5) is 21.3. The molecule has 1 aromatic rings. The molecule has 0 spiro atoms. The molecule has 0 bridgehead atoms. The van der Waals surface area contributed by atoms with E-state index in [-0.39, 0.29) is 30.2 Å². The Kier molecular flexibility index (Phi) is 5.42. The third-order valence-corrected chi connectivity index (χ3v) is 2.77. The minimum atomic E-state index is -1.26. The topological polar surface area (TPSA) is 122 Å². The average molecular weight is 284 g/mol. The van der Waals surface area contributed by atoms with Crippen molar-refractivity contribution in [1.29, 1.82) is 0 Å². The number of ether oxygens (including phenoxy) is 1. The molecule has 0 amide bonds. The summed E-state index contributed by atoms with van der Waals surface area (Å²) in [5.41, 5.74) is 0.0997. The fraction of sp³-hybridized carbons (Fsp3) is 0.417. The number of carboxylic acids is 1. The Hall–Kier alpha value is -2.19. The van der Waals surface area contributed by atoms with Gasteiger partial charge in [-0.2, -0.15) is 0 Å². The molecule has 0 saturated heterocycles. The molecule has 1 aromatic carbocycles. The van der Waals surface area contributed by atoms with Gasteiger partial charge in [-0.1, -0.05) is 0 Å². The number of anilines is 1. The first-order valence-electron chi connectivity index (χ1n) is 5.79. The maximum absolute atomic E-state index is 11.0. The molecular formula is C12H16N2O6. The van der Waals surface area contributed by atoms with Crippen molar-refractivity contribution in [3.63, 3.8) is 0 Å². The summed E-state index contributed by atoms with van der Waals surface area (Å²) in [6, 6.07) is 1.82. The number of benzene rings is 1. The standard InChI is InChI=1S/C12H16N2O6/c1-7-10(13-9(5-15)6-20-2)3-8(12(16)17)4-11(7)14(18)19/h3-4,9,13,15H,5-6H2,1-2H3,(H,16,17). The van der Waals surface area contributed by atoms with E-state index in [4.69, 9.17) is 9.84 Å². The summed E-state index contributed by atoms with van der Waals surface area (Å²) in [6.45, 7) is 1.44. The van der Waals surface area contributed by atoms with Crippen molar-refractivity contribution >= 4 is 17.3 Å². The molecule has 8 nitrogen and oxygen atoms in total. The fourth-order valence-electron chi connectivity index (χ4n) is 1.72. The van der Waals surface area contributed by atoms with Crippen LogP contribution in [0.3, 0.4) is 0 Å². The first-order valence-corrected chi connectivity index (χ1v) is 5.79. The first-order chi connectivity index (χ1) is 9.40. The SMILES string of the molecule is COCC(CO)Nc1cc(C(=O)O)cc([N+](=O)[O-])c1C. The molecule has 0 aliphatic carbocycles. The van der Waals surface area contributed by atoms with Crippen LogP contribution in [0.4, 0.5) is 11.4 Å². The summed E-state index contributed by atoms with van der Waals surface area (Å²) < 4.78 is 4.89. The Balaban J connectivity index is 3.23. The second-order valence-corrected chi connectivity index (χ2v) is 4.21. The van der Waals surface area contributed by atoms with Gasteiger partial charge in [0.1, 0.15) is 0 Å². The third-order valence-electron chi connectivity index (χ3n) is 2.77. The predicted octanol–water partition coefficient (Wildman–Crippen LogP) is 1.02. The minimum Gasteiger partial charge on any atom is -0.478 e. The molecule has 0 aliphatic rings. The van der Waals surface area contributed by atoms with Crippen LogP contribution in [0.5, 0.6) is 0 Å². The quantitative estimate of drug-likeness (QED) is 0.504. The zero-order valence-electron chi connectivity index (χ0n) is 11.1. The van der Waals surface area contributed by atoms with Crippen LogP contribution in [-0.2, 0) is 4.74 Å². The molecule has 0 aromatic heterocycles. The van der Waals surface area contributed by atoms with Crippen molar-refractivity contribution in [1.82, 2.24) is 0 Å². The summed E-state index contributed by atoms with van der Waals surface area (Å²) in [5.74, 6) is -1.26. The number of aliphatic hydroxyl groups excluding tert-OH is 1. The Morgan fingerprint density at radius 3 is 2.65 bits per heavy atom. The van der Waals surface area contributed by atoms with Crippen molar-refractivity contribution < 1.29 is 24.7 Å². The van der Waals surface area contributed by atoms with E-state index in [1.165, 1.54) is 20.1 Å². The highest BCUT2D eigenvalue weighted by Gasteiger charge is 2.20. The number of carboxylic acid groups (broad SMARTS) is 1. The Morgan fingerprint density at radius 1 is 1.55 bits per heavy atom. The molecule has 8 heteroatoms. The Morgan fingerprint density at radius 2 is 2.20 bits per heavy atom. The number of nitro groups is 1. The molecule has 1 rings (SSSR count). The second kappa shape index (κ2) is 6.83. The monoisotopic (exact) mass is 284 g/mol. The van der Waals surface area contributed by atoms with E-state index in [1.54, 1.807) is 0 Å². The largest absolute Gasteiger partial charge is 0.478 e. The van der Waals surface area contributed by atoms with Gasteiger partial charge in [-0.05, 0) is 13.0 Å². The van der Waals surface area contributed by atoms with Crippen LogP contribution in [-0.4, -0.2) is 47.5 Å². The molecule has 1 unspecified atom stereocenters. The lowest BCUT2D eigenvalue weighted by molar-refractivity contribution is -0.385. The normalized spacial score (nSPS) is 11.9. The highest BCUT2D eigenvalue weighted by molar-refractivity contribution is 5.90. The zero-order valence-corrected chi connectivity index (χ0v) is 11.1. The van der Waals surface area contributed by atoms with Gasteiger partial charge in [0.25, 0.3) is 5.69 Å². The molecule has 0 radical (unpaired) electrons. The molecule has 20 heavy (non-hydrogen) atoms. The van der Waals surface area contributed by atoms with Crippen LogP contribution in [0.2, 0.25) is 0 Å². The number of hydrogen-bond acceptors (Lipinski definition) is 6. The van der Waals surface area contributed by atoms with Gasteiger partial charge in [0.15, 0.2) is 0 Å². The molecule has 3 N–H and O–H groups in total. The highest BCUT2D eigenvalue weighted by Crippen LogP contribution is 2.28. The van der Waals surface area contributed by atoms with Gasteiger partial charge in [-0.15, -0.1) is 0 Å².